The second-order valence-corrected chi connectivity index (χ2v) is 11.0. The molecule has 36 heavy (non-hydrogen) atoms. The second kappa shape index (κ2) is 11.2. The Morgan fingerprint density at radius 3 is 2.33 bits per heavy atom. The lowest BCUT2D eigenvalue weighted by atomic mass is 9.87. The Bertz CT molecular complexity index is 1070. The smallest absolute Gasteiger partial charge is 0.248 e. The summed E-state index contributed by atoms with van der Waals surface area (Å²) in [7, 11) is 0. The Labute approximate surface area is 215 Å². The first-order chi connectivity index (χ1) is 17.2. The molecule has 1 aliphatic heterocycles. The summed E-state index contributed by atoms with van der Waals surface area (Å²) in [6.07, 6.45) is 3.90. The van der Waals surface area contributed by atoms with Gasteiger partial charge in [-0.05, 0) is 67.0 Å². The van der Waals surface area contributed by atoms with Crippen LogP contribution in [-0.2, 0) is 14.9 Å². The number of rotatable bonds is 6. The Balaban J connectivity index is 1.16. The largest absolute Gasteiger partial charge is 0.398 e. The number of ether oxygens (including phenoxy) is 1. The van der Waals surface area contributed by atoms with Crippen molar-refractivity contribution in [2.45, 2.75) is 64.0 Å². The number of nitrogens with two attached hydrogens (primary N) is 1. The van der Waals surface area contributed by atoms with Gasteiger partial charge >= 0.3 is 0 Å². The number of carbonyl (C=O) groups excluding carboxylic acids is 1. The fraction of sp³-hybridized carbons (Fsp3) is 0.517. The molecule has 7 heteroatoms. The van der Waals surface area contributed by atoms with Gasteiger partial charge in [-0.15, -0.1) is 0 Å². The van der Waals surface area contributed by atoms with Gasteiger partial charge in [-0.3, -0.25) is 4.79 Å². The maximum Gasteiger partial charge on any atom is 0.248 e. The fourth-order valence-corrected chi connectivity index (χ4v) is 5.02. The molecular weight excluding hydrogens is 450 g/mol. The van der Waals surface area contributed by atoms with Crippen molar-refractivity contribution in [3.63, 3.8) is 0 Å². The average Bonchev–Trinajstić information content (AvgIpc) is 2.89. The molecule has 192 valence electrons. The van der Waals surface area contributed by atoms with E-state index in [9.17, 15) is 10.1 Å². The van der Waals surface area contributed by atoms with Crippen molar-refractivity contribution < 1.29 is 9.53 Å². The van der Waals surface area contributed by atoms with Gasteiger partial charge in [0.2, 0.25) is 5.91 Å². The number of anilines is 3. The minimum atomic E-state index is 0.0869. The third-order valence-corrected chi connectivity index (χ3v) is 7.39. The number of nitrogens with zero attached hydrogens (tertiary/aromatic N) is 3. The van der Waals surface area contributed by atoms with Gasteiger partial charge in [0.05, 0.1) is 11.7 Å². The van der Waals surface area contributed by atoms with Crippen LogP contribution in [0.1, 0.15) is 57.6 Å². The molecule has 0 radical (unpaired) electrons. The molecule has 3 N–H and O–H groups in total. The van der Waals surface area contributed by atoms with Gasteiger partial charge in [-0.1, -0.05) is 32.9 Å². The predicted octanol–water partition coefficient (Wildman–Crippen LogP) is 4.53. The quantitative estimate of drug-likeness (QED) is 0.579. The van der Waals surface area contributed by atoms with Gasteiger partial charge in [-0.25, -0.2) is 0 Å². The van der Waals surface area contributed by atoms with Crippen molar-refractivity contribution in [2.75, 3.05) is 48.7 Å². The lowest BCUT2D eigenvalue weighted by molar-refractivity contribution is -0.139. The Morgan fingerprint density at radius 2 is 1.72 bits per heavy atom. The van der Waals surface area contributed by atoms with Gasteiger partial charge in [0.25, 0.3) is 0 Å². The number of nitrogens with one attached hydrogen (secondary N) is 1. The Kier molecular flexibility index (Phi) is 8.05. The first-order valence-corrected chi connectivity index (χ1v) is 13.0. The summed E-state index contributed by atoms with van der Waals surface area (Å²) in [5.74, 6) is 0.0869. The molecule has 0 bridgehead atoms. The van der Waals surface area contributed by atoms with E-state index in [1.54, 1.807) is 12.1 Å². The zero-order valence-electron chi connectivity index (χ0n) is 21.8. The number of piperazine rings is 1. The molecule has 2 aromatic carbocycles. The highest BCUT2D eigenvalue weighted by atomic mass is 16.5. The maximum absolute atomic E-state index is 12.8. The maximum atomic E-state index is 12.8. The molecule has 2 aromatic rings. The van der Waals surface area contributed by atoms with Crippen molar-refractivity contribution in [2.24, 2.45) is 0 Å². The number of hydrogen-bond donors (Lipinski definition) is 2. The van der Waals surface area contributed by atoms with Crippen LogP contribution in [0.5, 0.6) is 0 Å². The molecule has 0 aromatic heterocycles. The van der Waals surface area contributed by atoms with E-state index in [-0.39, 0.29) is 24.0 Å². The first-order valence-electron chi connectivity index (χ1n) is 13.0. The minimum absolute atomic E-state index is 0.0869. The van der Waals surface area contributed by atoms with E-state index in [4.69, 9.17) is 10.5 Å². The third kappa shape index (κ3) is 6.50. The zero-order valence-corrected chi connectivity index (χ0v) is 21.8. The molecule has 2 aliphatic rings. The summed E-state index contributed by atoms with van der Waals surface area (Å²) < 4.78 is 6.01. The fourth-order valence-electron chi connectivity index (χ4n) is 5.02. The lowest BCUT2D eigenvalue weighted by Crippen LogP contribution is -2.50. The molecule has 0 atom stereocenters. The van der Waals surface area contributed by atoms with Crippen molar-refractivity contribution in [1.29, 1.82) is 5.26 Å². The third-order valence-electron chi connectivity index (χ3n) is 7.39. The van der Waals surface area contributed by atoms with Crippen LogP contribution in [0.4, 0.5) is 17.1 Å². The van der Waals surface area contributed by atoms with E-state index in [1.807, 2.05) is 11.0 Å². The molecule has 1 saturated heterocycles. The molecule has 4 rings (SSSR count). The summed E-state index contributed by atoms with van der Waals surface area (Å²) in [6, 6.07) is 16.8. The molecule has 7 nitrogen and oxygen atoms in total. The molecule has 0 spiro atoms. The molecule has 2 fully saturated rings. The highest BCUT2D eigenvalue weighted by Gasteiger charge is 2.25. The van der Waals surface area contributed by atoms with Crippen molar-refractivity contribution >= 4 is 23.0 Å². The molecule has 1 saturated carbocycles. The summed E-state index contributed by atoms with van der Waals surface area (Å²) >= 11 is 0. The SMILES string of the molecule is CC(C)(C)c1ccc(N2CCN(C(=O)COC3CCC(Nc4ccc(N)c(C#N)c4)CC3)CC2)cc1. The van der Waals surface area contributed by atoms with Gasteiger partial charge < -0.3 is 25.6 Å². The normalized spacial score (nSPS) is 20.6. The monoisotopic (exact) mass is 489 g/mol. The first kappa shape index (κ1) is 25.8. The minimum Gasteiger partial charge on any atom is -0.398 e. The van der Waals surface area contributed by atoms with Gasteiger partial charge in [-0.2, -0.15) is 5.26 Å². The van der Waals surface area contributed by atoms with E-state index >= 15 is 0 Å². The number of nitriles is 1. The standard InChI is InChI=1S/C29H39N5O2/c1-29(2,3)22-4-9-25(10-5-22)33-14-16-34(17-15-33)28(35)20-36-26-11-6-23(7-12-26)32-24-8-13-27(31)21(18-24)19-30/h4-5,8-10,13,18,23,26,32H,6-7,11-12,14-17,20,31H2,1-3H3. The molecule has 1 aliphatic carbocycles. The number of amides is 1. The topological polar surface area (TPSA) is 94.6 Å². The van der Waals surface area contributed by atoms with E-state index < -0.39 is 0 Å². The number of hydrogen-bond acceptors (Lipinski definition) is 6. The average molecular weight is 490 g/mol. The van der Waals surface area contributed by atoms with Crippen LogP contribution < -0.4 is 16.0 Å². The van der Waals surface area contributed by atoms with Crippen LogP contribution in [0.25, 0.3) is 0 Å². The van der Waals surface area contributed by atoms with E-state index in [0.29, 0.717) is 17.3 Å². The highest BCUT2D eigenvalue weighted by molar-refractivity contribution is 5.77. The van der Waals surface area contributed by atoms with E-state index in [1.165, 1.54) is 11.3 Å². The van der Waals surface area contributed by atoms with Gasteiger partial charge in [0.1, 0.15) is 12.7 Å². The van der Waals surface area contributed by atoms with Crippen LogP contribution >= 0.6 is 0 Å². The van der Waals surface area contributed by atoms with Crippen molar-refractivity contribution in [3.05, 3.63) is 53.6 Å². The van der Waals surface area contributed by atoms with Crippen LogP contribution in [0.15, 0.2) is 42.5 Å². The number of carbonyl (C=O) groups is 1. The van der Waals surface area contributed by atoms with Gasteiger partial charge in [0, 0.05) is 49.3 Å². The van der Waals surface area contributed by atoms with Crippen molar-refractivity contribution in [1.82, 2.24) is 4.90 Å². The summed E-state index contributed by atoms with van der Waals surface area (Å²) in [6.45, 7) is 9.98. The number of benzene rings is 2. The van der Waals surface area contributed by atoms with E-state index in [2.05, 4.69) is 61.3 Å². The van der Waals surface area contributed by atoms with E-state index in [0.717, 1.165) is 57.5 Å². The van der Waals surface area contributed by atoms with Crippen LogP contribution in [-0.4, -0.2) is 55.7 Å². The molecule has 1 heterocycles. The Hall–Kier alpha value is -3.24. The zero-order chi connectivity index (χ0) is 25.7. The molecule has 1 amide bonds. The summed E-state index contributed by atoms with van der Waals surface area (Å²) in [5, 5.41) is 12.7. The molecule has 0 unspecified atom stereocenters. The van der Waals surface area contributed by atoms with Crippen molar-refractivity contribution in [3.8, 4) is 6.07 Å². The highest BCUT2D eigenvalue weighted by Crippen LogP contribution is 2.27. The predicted molar refractivity (Wildman–Crippen MR) is 145 cm³/mol. The molecular formula is C29H39N5O2. The van der Waals surface area contributed by atoms with Crippen LogP contribution in [0, 0.1) is 11.3 Å². The van der Waals surface area contributed by atoms with Crippen LogP contribution in [0.3, 0.4) is 0 Å². The summed E-state index contributed by atoms with van der Waals surface area (Å²) in [4.78, 5) is 17.1. The second-order valence-electron chi connectivity index (χ2n) is 11.0. The number of nitrogen functional groups attached to an aromatic ring is 1. The summed E-state index contributed by atoms with van der Waals surface area (Å²) in [5.41, 5.74) is 10.4. The Morgan fingerprint density at radius 1 is 1.06 bits per heavy atom. The van der Waals surface area contributed by atoms with Gasteiger partial charge in [0.15, 0.2) is 0 Å². The van der Waals surface area contributed by atoms with Crippen LogP contribution in [0.2, 0.25) is 0 Å². The lowest BCUT2D eigenvalue weighted by Gasteiger charge is -2.37.